The molecule has 0 aromatic rings. The van der Waals surface area contributed by atoms with Gasteiger partial charge in [0.25, 0.3) is 0 Å². The molecule has 0 atom stereocenters. The van der Waals surface area contributed by atoms with Gasteiger partial charge in [0.15, 0.2) is 0 Å². The van der Waals surface area contributed by atoms with E-state index in [0.717, 1.165) is 12.5 Å². The Morgan fingerprint density at radius 2 is 1.92 bits per heavy atom. The van der Waals surface area contributed by atoms with Gasteiger partial charge in [0.1, 0.15) is 0 Å². The number of rotatable bonds is 3. The van der Waals surface area contributed by atoms with Gasteiger partial charge in [-0.15, -0.1) is 0 Å². The van der Waals surface area contributed by atoms with Crippen LogP contribution >= 0.6 is 0 Å². The van der Waals surface area contributed by atoms with Crippen molar-refractivity contribution in [3.05, 3.63) is 12.7 Å². The molecule has 0 aliphatic carbocycles. The molecule has 3 nitrogen and oxygen atoms in total. The zero-order chi connectivity index (χ0) is 10.9. The van der Waals surface area contributed by atoms with Crippen LogP contribution in [-0.2, 0) is 9.53 Å². The quantitative estimate of drug-likeness (QED) is 0.543. The fraction of sp³-hybridized carbons (Fsp3) is 0.700. The van der Waals surface area contributed by atoms with E-state index in [2.05, 4.69) is 11.3 Å². The maximum absolute atomic E-state index is 10.1. The van der Waals surface area contributed by atoms with Gasteiger partial charge in [-0.1, -0.05) is 13.5 Å². The Morgan fingerprint density at radius 3 is 2.00 bits per heavy atom. The molecule has 0 fully saturated rings. The molecular formula is C10H20O3. The summed E-state index contributed by atoms with van der Waals surface area (Å²) in [4.78, 5) is 10.1. The van der Waals surface area contributed by atoms with Gasteiger partial charge in [-0.3, -0.25) is 0 Å². The molecule has 0 spiro atoms. The van der Waals surface area contributed by atoms with Crippen LogP contribution in [0.4, 0.5) is 0 Å². The summed E-state index contributed by atoms with van der Waals surface area (Å²) in [5, 5.41) is 8.83. The maximum Gasteiger partial charge on any atom is 0.330 e. The Morgan fingerprint density at radius 1 is 1.54 bits per heavy atom. The van der Waals surface area contributed by atoms with E-state index >= 15 is 0 Å². The molecule has 0 heterocycles. The SMILES string of the molecule is C=CC(=O)OCC.CCC(C)(C)O. The van der Waals surface area contributed by atoms with E-state index in [1.165, 1.54) is 0 Å². The Bertz CT molecular complexity index is 145. The zero-order valence-electron chi connectivity index (χ0n) is 8.96. The second kappa shape index (κ2) is 7.80. The van der Waals surface area contributed by atoms with Gasteiger partial charge in [-0.2, -0.15) is 0 Å². The van der Waals surface area contributed by atoms with Crippen molar-refractivity contribution >= 4 is 5.97 Å². The van der Waals surface area contributed by atoms with Crippen LogP contribution in [0.1, 0.15) is 34.1 Å². The second-order valence-corrected chi connectivity index (χ2v) is 3.12. The molecule has 0 aromatic carbocycles. The minimum atomic E-state index is -0.458. The molecule has 0 aliphatic rings. The molecule has 0 amide bonds. The van der Waals surface area contributed by atoms with E-state index in [1.54, 1.807) is 20.8 Å². The molecule has 0 aliphatic heterocycles. The van der Waals surface area contributed by atoms with Gasteiger partial charge in [-0.25, -0.2) is 4.79 Å². The Balaban J connectivity index is 0. The van der Waals surface area contributed by atoms with Crippen molar-refractivity contribution in [1.29, 1.82) is 0 Å². The Labute approximate surface area is 80.4 Å². The first kappa shape index (κ1) is 14.7. The third-order valence-corrected chi connectivity index (χ3v) is 1.32. The molecule has 0 rings (SSSR count). The van der Waals surface area contributed by atoms with E-state index in [-0.39, 0.29) is 5.97 Å². The lowest BCUT2D eigenvalue weighted by atomic mass is 10.1. The minimum Gasteiger partial charge on any atom is -0.463 e. The molecule has 0 saturated heterocycles. The summed E-state index contributed by atoms with van der Waals surface area (Å²) in [6.07, 6.45) is 1.97. The van der Waals surface area contributed by atoms with Crippen molar-refractivity contribution in [1.82, 2.24) is 0 Å². The number of hydrogen-bond acceptors (Lipinski definition) is 3. The van der Waals surface area contributed by atoms with Crippen molar-refractivity contribution in [2.45, 2.75) is 39.7 Å². The normalized spacial score (nSPS) is 9.62. The summed E-state index contributed by atoms with van der Waals surface area (Å²) in [5.41, 5.74) is -0.458. The molecule has 0 unspecified atom stereocenters. The molecule has 78 valence electrons. The highest BCUT2D eigenvalue weighted by atomic mass is 16.5. The van der Waals surface area contributed by atoms with Gasteiger partial charge in [0.2, 0.25) is 0 Å². The minimum absolute atomic E-state index is 0.359. The van der Waals surface area contributed by atoms with Crippen LogP contribution in [0.3, 0.4) is 0 Å². The predicted octanol–water partition coefficient (Wildman–Crippen LogP) is 1.90. The molecular weight excluding hydrogens is 168 g/mol. The first-order valence-electron chi connectivity index (χ1n) is 4.39. The number of aliphatic hydroxyl groups is 1. The van der Waals surface area contributed by atoms with Crippen molar-refractivity contribution in [2.75, 3.05) is 6.61 Å². The topological polar surface area (TPSA) is 46.5 Å². The van der Waals surface area contributed by atoms with Crippen LogP contribution in [0.15, 0.2) is 12.7 Å². The second-order valence-electron chi connectivity index (χ2n) is 3.12. The molecule has 0 bridgehead atoms. The van der Waals surface area contributed by atoms with Crippen LogP contribution in [0.25, 0.3) is 0 Å². The van der Waals surface area contributed by atoms with Crippen molar-refractivity contribution in [3.8, 4) is 0 Å². The highest BCUT2D eigenvalue weighted by molar-refractivity contribution is 5.81. The van der Waals surface area contributed by atoms with Gasteiger partial charge in [0, 0.05) is 6.08 Å². The first-order valence-corrected chi connectivity index (χ1v) is 4.39. The van der Waals surface area contributed by atoms with E-state index in [4.69, 9.17) is 5.11 Å². The number of carbonyl (C=O) groups is 1. The Hall–Kier alpha value is -0.830. The van der Waals surface area contributed by atoms with E-state index in [9.17, 15) is 4.79 Å². The van der Waals surface area contributed by atoms with Gasteiger partial charge < -0.3 is 9.84 Å². The highest BCUT2D eigenvalue weighted by Gasteiger charge is 2.05. The zero-order valence-corrected chi connectivity index (χ0v) is 8.96. The molecule has 13 heavy (non-hydrogen) atoms. The third kappa shape index (κ3) is 18.3. The van der Waals surface area contributed by atoms with Crippen LogP contribution in [-0.4, -0.2) is 23.3 Å². The van der Waals surface area contributed by atoms with E-state index in [1.807, 2.05) is 6.92 Å². The fourth-order valence-electron chi connectivity index (χ4n) is 0.201. The number of hydrogen-bond donors (Lipinski definition) is 1. The predicted molar refractivity (Wildman–Crippen MR) is 53.4 cm³/mol. The van der Waals surface area contributed by atoms with Crippen molar-refractivity contribution in [3.63, 3.8) is 0 Å². The highest BCUT2D eigenvalue weighted by Crippen LogP contribution is 2.03. The number of ether oxygens (including phenoxy) is 1. The summed E-state index contributed by atoms with van der Waals surface area (Å²) in [6, 6.07) is 0. The standard InChI is InChI=1S/C5H8O2.C5H12O/c1-3-5(6)7-4-2;1-4-5(2,3)6/h3H,1,4H2,2H3;6H,4H2,1-3H3. The molecule has 0 radical (unpaired) electrons. The van der Waals surface area contributed by atoms with Gasteiger partial charge in [0.05, 0.1) is 12.2 Å². The number of esters is 1. The van der Waals surface area contributed by atoms with E-state index in [0.29, 0.717) is 6.61 Å². The Kier molecular flexibility index (Phi) is 8.81. The van der Waals surface area contributed by atoms with E-state index < -0.39 is 5.60 Å². The largest absolute Gasteiger partial charge is 0.463 e. The van der Waals surface area contributed by atoms with Crippen LogP contribution in [0.5, 0.6) is 0 Å². The summed E-state index contributed by atoms with van der Waals surface area (Å²) < 4.78 is 4.43. The average molecular weight is 188 g/mol. The lowest BCUT2D eigenvalue weighted by Gasteiger charge is -2.11. The summed E-state index contributed by atoms with van der Waals surface area (Å²) in [5.74, 6) is -0.359. The first-order chi connectivity index (χ1) is 5.87. The van der Waals surface area contributed by atoms with Gasteiger partial charge >= 0.3 is 5.97 Å². The summed E-state index contributed by atoms with van der Waals surface area (Å²) in [6.45, 7) is 10.9. The average Bonchev–Trinajstić information content (AvgIpc) is 2.05. The van der Waals surface area contributed by atoms with Gasteiger partial charge in [-0.05, 0) is 27.2 Å². The molecule has 3 heteroatoms. The monoisotopic (exact) mass is 188 g/mol. The fourth-order valence-corrected chi connectivity index (χ4v) is 0.201. The lowest BCUT2D eigenvalue weighted by molar-refractivity contribution is -0.137. The van der Waals surface area contributed by atoms with Crippen LogP contribution in [0.2, 0.25) is 0 Å². The smallest absolute Gasteiger partial charge is 0.330 e. The maximum atomic E-state index is 10.1. The van der Waals surface area contributed by atoms with Crippen LogP contribution < -0.4 is 0 Å². The molecule has 0 aromatic heterocycles. The van der Waals surface area contributed by atoms with Crippen molar-refractivity contribution in [2.24, 2.45) is 0 Å². The number of carbonyl (C=O) groups excluding carboxylic acids is 1. The van der Waals surface area contributed by atoms with Crippen molar-refractivity contribution < 1.29 is 14.6 Å². The molecule has 1 N–H and O–H groups in total. The van der Waals surface area contributed by atoms with Crippen LogP contribution in [0, 0.1) is 0 Å². The molecule has 0 saturated carbocycles. The summed E-state index contributed by atoms with van der Waals surface area (Å²) >= 11 is 0. The lowest BCUT2D eigenvalue weighted by Crippen LogP contribution is -2.15. The summed E-state index contributed by atoms with van der Waals surface area (Å²) in [7, 11) is 0. The third-order valence-electron chi connectivity index (χ3n) is 1.32.